The van der Waals surface area contributed by atoms with E-state index in [1.807, 2.05) is 30.5 Å². The SMILES string of the molecule is C1=CC(Nc2ccccc2)C(c2ccc(-c3ccc(-c4ccc(-c5ccc(-c6ccc(-c7ccc(N/C=C/C=C\C=C/c8ccc(-c9ccccc9)cc8)cc7)cc6)cc5)cc4)cc3)cc2)C=C1c1ccccc1. The molecule has 2 nitrogen and oxygen atoms in total. The highest BCUT2D eigenvalue weighted by atomic mass is 14.9. The molecule has 10 aromatic rings. The summed E-state index contributed by atoms with van der Waals surface area (Å²) in [5.41, 5.74) is 21.6. The molecule has 2 unspecified atom stereocenters. The third-order valence-electron chi connectivity index (χ3n) is 13.8. The Hall–Kier alpha value is -9.50. The molecule has 0 heterocycles. The van der Waals surface area contributed by atoms with Crippen LogP contribution in [0.4, 0.5) is 11.4 Å². The van der Waals surface area contributed by atoms with Gasteiger partial charge in [0.05, 0.1) is 6.04 Å². The van der Waals surface area contributed by atoms with Gasteiger partial charge >= 0.3 is 0 Å². The smallest absolute Gasteiger partial charge is 0.0551 e. The number of hydrogen-bond donors (Lipinski definition) is 2. The van der Waals surface area contributed by atoms with E-state index in [9.17, 15) is 0 Å². The fraction of sp³-hybridized carbons (Fsp3) is 0.0278. The first-order valence-electron chi connectivity index (χ1n) is 25.5. The predicted molar refractivity (Wildman–Crippen MR) is 317 cm³/mol. The number of nitrogens with one attached hydrogen (secondary N) is 2. The Bertz CT molecular complexity index is 3550. The van der Waals surface area contributed by atoms with Crippen molar-refractivity contribution in [3.63, 3.8) is 0 Å². The second-order valence-electron chi connectivity index (χ2n) is 18.7. The molecule has 2 N–H and O–H groups in total. The van der Waals surface area contributed by atoms with E-state index in [4.69, 9.17) is 0 Å². The van der Waals surface area contributed by atoms with Gasteiger partial charge in [0.25, 0.3) is 0 Å². The molecule has 74 heavy (non-hydrogen) atoms. The summed E-state index contributed by atoms with van der Waals surface area (Å²) in [5.74, 6) is 0.179. The fourth-order valence-electron chi connectivity index (χ4n) is 9.66. The summed E-state index contributed by atoms with van der Waals surface area (Å²) in [5, 5.41) is 7.15. The second-order valence-corrected chi connectivity index (χ2v) is 18.7. The van der Waals surface area contributed by atoms with Crippen molar-refractivity contribution in [2.24, 2.45) is 0 Å². The largest absolute Gasteiger partial charge is 0.378 e. The summed E-state index contributed by atoms with van der Waals surface area (Å²) >= 11 is 0. The van der Waals surface area contributed by atoms with Crippen LogP contribution < -0.4 is 10.6 Å². The minimum Gasteiger partial charge on any atom is -0.378 e. The highest BCUT2D eigenvalue weighted by Gasteiger charge is 2.23. The van der Waals surface area contributed by atoms with Crippen molar-refractivity contribution in [2.75, 3.05) is 10.6 Å². The molecule has 10 aromatic carbocycles. The van der Waals surface area contributed by atoms with Crippen molar-refractivity contribution in [3.05, 3.63) is 326 Å². The number of allylic oxidation sites excluding steroid dienone is 6. The molecule has 0 fully saturated rings. The lowest BCUT2D eigenvalue weighted by atomic mass is 9.83. The maximum absolute atomic E-state index is 3.77. The quantitative estimate of drug-likeness (QED) is 0.100. The summed E-state index contributed by atoms with van der Waals surface area (Å²) in [4.78, 5) is 0. The third kappa shape index (κ3) is 11.5. The Labute approximate surface area is 436 Å². The van der Waals surface area contributed by atoms with Crippen molar-refractivity contribution >= 4 is 23.0 Å². The number of benzene rings is 10. The molecule has 0 radical (unpaired) electrons. The van der Waals surface area contributed by atoms with E-state index < -0.39 is 0 Å². The van der Waals surface area contributed by atoms with Crippen molar-refractivity contribution in [2.45, 2.75) is 12.0 Å². The predicted octanol–water partition coefficient (Wildman–Crippen LogP) is 19.1. The summed E-state index contributed by atoms with van der Waals surface area (Å²) in [7, 11) is 0. The molecule has 0 bridgehead atoms. The Balaban J connectivity index is 0.670. The van der Waals surface area contributed by atoms with Crippen molar-refractivity contribution < 1.29 is 0 Å². The van der Waals surface area contributed by atoms with Crippen LogP contribution in [-0.4, -0.2) is 6.04 Å². The van der Waals surface area contributed by atoms with E-state index in [2.05, 4.69) is 296 Å². The van der Waals surface area contributed by atoms with Crippen LogP contribution in [0.25, 0.3) is 78.4 Å². The van der Waals surface area contributed by atoms with Crippen LogP contribution >= 0.6 is 0 Å². The van der Waals surface area contributed by atoms with E-state index in [0.717, 1.165) is 11.4 Å². The first kappa shape index (κ1) is 46.9. The molecular formula is C72H56N2. The van der Waals surface area contributed by atoms with Gasteiger partial charge in [-0.1, -0.05) is 279 Å². The molecule has 0 saturated heterocycles. The number of para-hydroxylation sites is 1. The topological polar surface area (TPSA) is 24.1 Å². The first-order valence-corrected chi connectivity index (χ1v) is 25.5. The average molecular weight is 949 g/mol. The zero-order valence-corrected chi connectivity index (χ0v) is 41.2. The minimum atomic E-state index is 0.137. The molecule has 1 aliphatic rings. The molecule has 11 rings (SSSR count). The number of hydrogen-bond acceptors (Lipinski definition) is 2. The molecule has 0 aromatic heterocycles. The Kier molecular flexibility index (Phi) is 14.4. The normalized spacial score (nSPS) is 14.4. The van der Waals surface area contributed by atoms with Gasteiger partial charge in [-0.15, -0.1) is 0 Å². The van der Waals surface area contributed by atoms with Crippen LogP contribution in [0, 0.1) is 0 Å². The maximum atomic E-state index is 3.77. The van der Waals surface area contributed by atoms with Gasteiger partial charge in [-0.25, -0.2) is 0 Å². The minimum absolute atomic E-state index is 0.137. The van der Waals surface area contributed by atoms with E-state index in [1.165, 1.54) is 89.0 Å². The van der Waals surface area contributed by atoms with Gasteiger partial charge in [-0.05, 0) is 119 Å². The van der Waals surface area contributed by atoms with E-state index in [0.29, 0.717) is 0 Å². The molecule has 0 amide bonds. The molecule has 2 heteroatoms. The molecular weight excluding hydrogens is 893 g/mol. The Morgan fingerprint density at radius 2 is 0.662 bits per heavy atom. The van der Waals surface area contributed by atoms with Crippen LogP contribution in [0.5, 0.6) is 0 Å². The summed E-state index contributed by atoms with van der Waals surface area (Å²) in [6.07, 6.45) is 19.2. The molecule has 0 aliphatic heterocycles. The zero-order chi connectivity index (χ0) is 49.7. The van der Waals surface area contributed by atoms with Gasteiger partial charge < -0.3 is 10.6 Å². The zero-order valence-electron chi connectivity index (χ0n) is 41.2. The van der Waals surface area contributed by atoms with Gasteiger partial charge in [-0.2, -0.15) is 0 Å². The van der Waals surface area contributed by atoms with Crippen LogP contribution in [0.1, 0.15) is 22.6 Å². The fourth-order valence-corrected chi connectivity index (χ4v) is 9.66. The second kappa shape index (κ2) is 22.7. The van der Waals surface area contributed by atoms with Crippen LogP contribution in [0.3, 0.4) is 0 Å². The van der Waals surface area contributed by atoms with Gasteiger partial charge in [0.15, 0.2) is 0 Å². The standard InChI is InChI=1S/C72H56N2/c1(6-14-53-21-23-56(24-22-53)54-15-7-3-8-16-54)2-13-51-73-69-48-45-66(46-49-69)64-39-37-62(38-40-64)60-31-29-58(30-32-60)57-25-27-59(28-26-57)61-33-35-63(36-34-61)65-41-43-67(44-42-65)71-52-68(55-17-9-4-10-18-55)47-50-72(71)74-70-19-11-5-12-20-70/h1-52,71-74H/b2-1-,14-6-,51-13+. The lowest BCUT2D eigenvalue weighted by Gasteiger charge is -2.29. The molecule has 0 saturated carbocycles. The Morgan fingerprint density at radius 1 is 0.297 bits per heavy atom. The lowest BCUT2D eigenvalue weighted by Crippen LogP contribution is -2.26. The summed E-state index contributed by atoms with van der Waals surface area (Å²) in [6.45, 7) is 0. The van der Waals surface area contributed by atoms with Crippen LogP contribution in [-0.2, 0) is 0 Å². The monoisotopic (exact) mass is 948 g/mol. The van der Waals surface area contributed by atoms with Crippen molar-refractivity contribution in [1.82, 2.24) is 0 Å². The number of rotatable bonds is 15. The third-order valence-corrected chi connectivity index (χ3v) is 13.8. The average Bonchev–Trinajstić information content (AvgIpc) is 3.48. The van der Waals surface area contributed by atoms with Gasteiger partial charge in [-0.3, -0.25) is 0 Å². The van der Waals surface area contributed by atoms with Crippen molar-refractivity contribution in [1.29, 1.82) is 0 Å². The van der Waals surface area contributed by atoms with Crippen LogP contribution in [0.15, 0.2) is 310 Å². The van der Waals surface area contributed by atoms with Gasteiger partial charge in [0, 0.05) is 23.5 Å². The highest BCUT2D eigenvalue weighted by Crippen LogP contribution is 2.36. The van der Waals surface area contributed by atoms with Gasteiger partial charge in [0.2, 0.25) is 0 Å². The molecule has 2 atom stereocenters. The highest BCUT2D eigenvalue weighted by molar-refractivity contribution is 5.79. The molecule has 0 spiro atoms. The molecule has 354 valence electrons. The van der Waals surface area contributed by atoms with E-state index in [1.54, 1.807) is 0 Å². The Morgan fingerprint density at radius 3 is 1.12 bits per heavy atom. The van der Waals surface area contributed by atoms with Gasteiger partial charge in [0.1, 0.15) is 0 Å². The van der Waals surface area contributed by atoms with Crippen molar-refractivity contribution in [3.8, 4) is 66.8 Å². The van der Waals surface area contributed by atoms with E-state index in [-0.39, 0.29) is 12.0 Å². The number of anilines is 2. The summed E-state index contributed by atoms with van der Waals surface area (Å²) in [6, 6.07) is 93.6. The summed E-state index contributed by atoms with van der Waals surface area (Å²) < 4.78 is 0. The lowest BCUT2D eigenvalue weighted by molar-refractivity contribution is 0.759. The maximum Gasteiger partial charge on any atom is 0.0551 e. The molecule has 1 aliphatic carbocycles. The van der Waals surface area contributed by atoms with E-state index >= 15 is 0 Å². The first-order chi connectivity index (χ1) is 36.6. The van der Waals surface area contributed by atoms with Crippen LogP contribution in [0.2, 0.25) is 0 Å².